The summed E-state index contributed by atoms with van der Waals surface area (Å²) in [7, 11) is 1.87. The van der Waals surface area contributed by atoms with Crippen molar-refractivity contribution in [3.63, 3.8) is 0 Å². The molecule has 4 aromatic heterocycles. The molecule has 0 spiro atoms. The number of aryl methyl sites for hydroxylation is 1. The first-order valence-electron chi connectivity index (χ1n) is 11.3. The fraction of sp³-hybridized carbons (Fsp3) is 0.154. The normalized spacial score (nSPS) is 12.0. The third-order valence-corrected chi connectivity index (χ3v) is 7.02. The number of aromatic nitrogens is 4. The van der Waals surface area contributed by atoms with E-state index >= 15 is 0 Å². The second-order valence-electron chi connectivity index (χ2n) is 8.35. The zero-order valence-corrected chi connectivity index (χ0v) is 20.5. The number of nitrogen functional groups attached to an aromatic ring is 1. The zero-order chi connectivity index (χ0) is 25.2. The first kappa shape index (κ1) is 23.4. The van der Waals surface area contributed by atoms with Crippen LogP contribution in [0.15, 0.2) is 67.0 Å². The van der Waals surface area contributed by atoms with Gasteiger partial charge in [-0.3, -0.25) is 9.78 Å². The van der Waals surface area contributed by atoms with E-state index in [4.69, 9.17) is 5.73 Å². The molecule has 5 aromatic rings. The van der Waals surface area contributed by atoms with Crippen LogP contribution in [0.1, 0.15) is 33.8 Å². The van der Waals surface area contributed by atoms with Crippen molar-refractivity contribution in [3.05, 3.63) is 88.8 Å². The molecule has 5 rings (SSSR count). The minimum absolute atomic E-state index is 0.262. The molecule has 1 amide bonds. The molecule has 0 unspecified atom stereocenters. The number of amides is 1. The van der Waals surface area contributed by atoms with Gasteiger partial charge < -0.3 is 20.9 Å². The second kappa shape index (κ2) is 9.74. The average Bonchev–Trinajstić information content (AvgIpc) is 3.47. The monoisotopic (exact) mass is 501 g/mol. The van der Waals surface area contributed by atoms with Gasteiger partial charge in [-0.05, 0) is 55.0 Å². The maximum atomic E-state index is 13.2. The van der Waals surface area contributed by atoms with Crippen LogP contribution >= 0.6 is 11.3 Å². The van der Waals surface area contributed by atoms with Gasteiger partial charge >= 0.3 is 0 Å². The van der Waals surface area contributed by atoms with E-state index in [1.165, 1.54) is 12.1 Å². The highest BCUT2D eigenvalue weighted by atomic mass is 32.1. The molecule has 0 fully saturated rings. The van der Waals surface area contributed by atoms with Crippen molar-refractivity contribution in [1.29, 1.82) is 0 Å². The largest absolute Gasteiger partial charge is 0.369 e. The summed E-state index contributed by atoms with van der Waals surface area (Å²) in [4.78, 5) is 28.2. The number of thiophene rings is 1. The quantitative estimate of drug-likeness (QED) is 0.292. The van der Waals surface area contributed by atoms with Crippen LogP contribution in [0.4, 0.5) is 16.2 Å². The standard InChI is InChI=1S/C26H24FN7OS/c1-15(16-5-7-17(27)8-6-16)32-25(35)19-4-3-11-29-24(19)31-13-18-9-10-23(36-18)20-12-22-21(14-30-20)33-26(28)34(22)2/h3-12,14-15H,13H2,1-2H3,(H2,28,33)(H,29,31)(H,32,35)/t15-/m0/s1. The fourth-order valence-corrected chi connectivity index (χ4v) is 4.78. The number of hydrogen-bond donors (Lipinski definition) is 3. The summed E-state index contributed by atoms with van der Waals surface area (Å²) in [6, 6.07) is 15.3. The minimum Gasteiger partial charge on any atom is -0.369 e. The van der Waals surface area contributed by atoms with Crippen LogP contribution in [-0.4, -0.2) is 25.4 Å². The van der Waals surface area contributed by atoms with Gasteiger partial charge in [0.2, 0.25) is 5.95 Å². The van der Waals surface area contributed by atoms with Crippen LogP contribution in [0.3, 0.4) is 0 Å². The zero-order valence-electron chi connectivity index (χ0n) is 19.7. The molecule has 36 heavy (non-hydrogen) atoms. The summed E-state index contributed by atoms with van der Waals surface area (Å²) in [5, 5.41) is 6.23. The topological polar surface area (TPSA) is 111 Å². The van der Waals surface area contributed by atoms with Gasteiger partial charge in [-0.2, -0.15) is 0 Å². The number of nitrogens with two attached hydrogens (primary N) is 1. The molecular formula is C26H24FN7OS. The molecule has 8 nitrogen and oxygen atoms in total. The van der Waals surface area contributed by atoms with Crippen molar-refractivity contribution >= 4 is 40.0 Å². The van der Waals surface area contributed by atoms with E-state index in [0.29, 0.717) is 23.9 Å². The lowest BCUT2D eigenvalue weighted by Gasteiger charge is -2.16. The number of hydrogen-bond acceptors (Lipinski definition) is 7. The molecule has 0 aliphatic rings. The number of anilines is 2. The van der Waals surface area contributed by atoms with E-state index in [1.54, 1.807) is 48.0 Å². The van der Waals surface area contributed by atoms with E-state index in [0.717, 1.165) is 32.0 Å². The molecule has 4 N–H and O–H groups in total. The third kappa shape index (κ3) is 4.76. The molecule has 1 aromatic carbocycles. The van der Waals surface area contributed by atoms with Gasteiger partial charge in [-0.15, -0.1) is 11.3 Å². The number of imidazole rings is 1. The molecule has 1 atom stereocenters. The molecule has 0 saturated carbocycles. The molecule has 182 valence electrons. The maximum absolute atomic E-state index is 13.2. The fourth-order valence-electron chi connectivity index (χ4n) is 3.87. The molecule has 10 heteroatoms. The van der Waals surface area contributed by atoms with Crippen LogP contribution in [0.25, 0.3) is 21.6 Å². The number of carbonyl (C=O) groups excluding carboxylic acids is 1. The number of benzene rings is 1. The minimum atomic E-state index is -0.314. The maximum Gasteiger partial charge on any atom is 0.255 e. The Balaban J connectivity index is 1.28. The Morgan fingerprint density at radius 3 is 2.78 bits per heavy atom. The Bertz CT molecular complexity index is 1540. The van der Waals surface area contributed by atoms with Crippen molar-refractivity contribution < 1.29 is 9.18 Å². The van der Waals surface area contributed by atoms with Crippen LogP contribution < -0.4 is 16.4 Å². The summed E-state index contributed by atoms with van der Waals surface area (Å²) in [5.41, 5.74) is 9.67. The van der Waals surface area contributed by atoms with Crippen LogP contribution in [0.2, 0.25) is 0 Å². The van der Waals surface area contributed by atoms with E-state index in [2.05, 4.69) is 25.6 Å². The number of nitrogens with zero attached hydrogens (tertiary/aromatic N) is 4. The molecule has 0 radical (unpaired) electrons. The van der Waals surface area contributed by atoms with Crippen LogP contribution in [-0.2, 0) is 13.6 Å². The van der Waals surface area contributed by atoms with Gasteiger partial charge in [-0.25, -0.2) is 14.4 Å². The summed E-state index contributed by atoms with van der Waals surface area (Å²) in [6.07, 6.45) is 3.37. The van der Waals surface area contributed by atoms with Crippen LogP contribution in [0.5, 0.6) is 0 Å². The number of halogens is 1. The van der Waals surface area contributed by atoms with Crippen molar-refractivity contribution in [1.82, 2.24) is 24.8 Å². The van der Waals surface area contributed by atoms with E-state index < -0.39 is 0 Å². The Morgan fingerprint density at radius 2 is 1.97 bits per heavy atom. The highest BCUT2D eigenvalue weighted by Gasteiger charge is 2.16. The first-order valence-corrected chi connectivity index (χ1v) is 12.1. The number of nitrogens with one attached hydrogen (secondary N) is 2. The predicted octanol–water partition coefficient (Wildman–Crippen LogP) is 4.92. The lowest BCUT2D eigenvalue weighted by atomic mass is 10.1. The van der Waals surface area contributed by atoms with Crippen molar-refractivity contribution in [3.8, 4) is 10.6 Å². The van der Waals surface area contributed by atoms with Gasteiger partial charge in [-0.1, -0.05) is 12.1 Å². The van der Waals surface area contributed by atoms with Crippen molar-refractivity contribution in [2.24, 2.45) is 7.05 Å². The molecule has 0 aliphatic heterocycles. The SMILES string of the molecule is C[C@H](NC(=O)c1cccnc1NCc1ccc(-c2cc3c(cn2)nc(N)n3C)s1)c1ccc(F)cc1. The van der Waals surface area contributed by atoms with Crippen LogP contribution in [0, 0.1) is 5.82 Å². The molecule has 0 aliphatic carbocycles. The third-order valence-electron chi connectivity index (χ3n) is 5.92. The Kier molecular flexibility index (Phi) is 6.34. The molecule has 0 bridgehead atoms. The van der Waals surface area contributed by atoms with E-state index in [1.807, 2.05) is 36.7 Å². The highest BCUT2D eigenvalue weighted by Crippen LogP contribution is 2.29. The van der Waals surface area contributed by atoms with Crippen molar-refractivity contribution in [2.75, 3.05) is 11.1 Å². The van der Waals surface area contributed by atoms with E-state index in [-0.39, 0.29) is 17.8 Å². The predicted molar refractivity (Wildman–Crippen MR) is 140 cm³/mol. The Morgan fingerprint density at radius 1 is 1.17 bits per heavy atom. The second-order valence-corrected chi connectivity index (χ2v) is 9.52. The molecule has 4 heterocycles. The van der Waals surface area contributed by atoms with Gasteiger partial charge in [0.1, 0.15) is 17.2 Å². The lowest BCUT2D eigenvalue weighted by molar-refractivity contribution is 0.0940. The lowest BCUT2D eigenvalue weighted by Crippen LogP contribution is -2.27. The number of rotatable bonds is 7. The Labute approximate surface area is 211 Å². The number of pyridine rings is 2. The number of carbonyl (C=O) groups is 1. The van der Waals surface area contributed by atoms with Gasteiger partial charge in [0, 0.05) is 18.1 Å². The van der Waals surface area contributed by atoms with Gasteiger partial charge in [0.15, 0.2) is 0 Å². The summed E-state index contributed by atoms with van der Waals surface area (Å²) in [6.45, 7) is 2.35. The first-order chi connectivity index (χ1) is 17.4. The van der Waals surface area contributed by atoms with Crippen molar-refractivity contribution in [2.45, 2.75) is 19.5 Å². The van der Waals surface area contributed by atoms with E-state index in [9.17, 15) is 9.18 Å². The summed E-state index contributed by atoms with van der Waals surface area (Å²) < 4.78 is 15.1. The summed E-state index contributed by atoms with van der Waals surface area (Å²) in [5.74, 6) is 0.358. The van der Waals surface area contributed by atoms with Gasteiger partial charge in [0.25, 0.3) is 5.91 Å². The van der Waals surface area contributed by atoms with Gasteiger partial charge in [0.05, 0.1) is 40.4 Å². The highest BCUT2D eigenvalue weighted by molar-refractivity contribution is 7.15. The molecule has 0 saturated heterocycles. The average molecular weight is 502 g/mol. The summed E-state index contributed by atoms with van der Waals surface area (Å²) >= 11 is 1.60. The smallest absolute Gasteiger partial charge is 0.255 e. The number of fused-ring (bicyclic) bond motifs is 1. The molecular weight excluding hydrogens is 477 g/mol. The Hall–Kier alpha value is -4.31.